The van der Waals surface area contributed by atoms with Gasteiger partial charge in [-0.2, -0.15) is 0 Å². The average Bonchev–Trinajstić information content (AvgIpc) is 3.58. The van der Waals surface area contributed by atoms with Crippen LogP contribution >= 0.6 is 11.3 Å². The summed E-state index contributed by atoms with van der Waals surface area (Å²) in [6.45, 7) is 3.07. The second kappa shape index (κ2) is 11.7. The molecule has 0 aliphatic carbocycles. The molecule has 2 amide bonds. The molecule has 0 spiro atoms. The Hall–Kier alpha value is -4.09. The molecule has 10 nitrogen and oxygen atoms in total. The number of aromatic nitrogens is 4. The molecule has 1 aliphatic heterocycles. The van der Waals surface area contributed by atoms with Gasteiger partial charge in [-0.15, -0.1) is 11.3 Å². The number of piperidine rings is 1. The zero-order chi connectivity index (χ0) is 27.4. The van der Waals surface area contributed by atoms with Crippen LogP contribution < -0.4 is 11.1 Å². The minimum absolute atomic E-state index is 0.0706. The number of aryl methyl sites for hydroxylation is 1. The number of nitrogen functional groups attached to an aromatic ring is 1. The van der Waals surface area contributed by atoms with Crippen molar-refractivity contribution >= 4 is 39.6 Å². The number of fused-ring (bicyclic) bond motifs is 1. The summed E-state index contributed by atoms with van der Waals surface area (Å²) in [6, 6.07) is 7.01. The van der Waals surface area contributed by atoms with Crippen LogP contribution in [-0.4, -0.2) is 56.3 Å². The van der Waals surface area contributed by atoms with Gasteiger partial charge >= 0.3 is 0 Å². The summed E-state index contributed by atoms with van der Waals surface area (Å²) in [7, 11) is 1.59. The third kappa shape index (κ3) is 5.55. The summed E-state index contributed by atoms with van der Waals surface area (Å²) in [5, 5.41) is 3.44. The number of hydrogen-bond donors (Lipinski definition) is 2. The first-order valence-electron chi connectivity index (χ1n) is 12.9. The largest absolute Gasteiger partial charge is 0.382 e. The van der Waals surface area contributed by atoms with Crippen molar-refractivity contribution in [1.29, 1.82) is 0 Å². The zero-order valence-corrected chi connectivity index (χ0v) is 22.8. The van der Waals surface area contributed by atoms with Gasteiger partial charge in [0.1, 0.15) is 22.9 Å². The molecule has 3 aromatic heterocycles. The molecule has 0 bridgehead atoms. The van der Waals surface area contributed by atoms with Crippen LogP contribution in [-0.2, 0) is 16.0 Å². The molecule has 1 unspecified atom stereocenters. The van der Waals surface area contributed by atoms with Crippen LogP contribution in [0.4, 0.5) is 10.9 Å². The summed E-state index contributed by atoms with van der Waals surface area (Å²) < 4.78 is 6.98. The fourth-order valence-corrected chi connectivity index (χ4v) is 5.55. The van der Waals surface area contributed by atoms with E-state index in [1.54, 1.807) is 43.8 Å². The minimum Gasteiger partial charge on any atom is -0.382 e. The Kier molecular flexibility index (Phi) is 7.99. The third-order valence-electron chi connectivity index (χ3n) is 6.76. The van der Waals surface area contributed by atoms with Crippen LogP contribution in [0.15, 0.2) is 55.0 Å². The van der Waals surface area contributed by atoms with E-state index in [1.165, 1.54) is 11.3 Å². The highest BCUT2D eigenvalue weighted by atomic mass is 32.1. The molecule has 39 heavy (non-hydrogen) atoms. The minimum atomic E-state index is -0.229. The van der Waals surface area contributed by atoms with E-state index in [1.807, 2.05) is 27.6 Å². The van der Waals surface area contributed by atoms with Gasteiger partial charge in [0, 0.05) is 54.3 Å². The number of thiazole rings is 1. The maximum absolute atomic E-state index is 13.1. The summed E-state index contributed by atoms with van der Waals surface area (Å²) in [4.78, 5) is 42.4. The van der Waals surface area contributed by atoms with Crippen LogP contribution in [0.2, 0.25) is 0 Å². The third-order valence-corrected chi connectivity index (χ3v) is 7.82. The predicted molar refractivity (Wildman–Crippen MR) is 152 cm³/mol. The summed E-state index contributed by atoms with van der Waals surface area (Å²) in [6.07, 6.45) is 12.1. The number of carbonyl (C=O) groups is 2. The molecular formula is C28H31N7O3S. The summed E-state index contributed by atoms with van der Waals surface area (Å²) >= 11 is 1.47. The van der Waals surface area contributed by atoms with Gasteiger partial charge < -0.3 is 15.4 Å². The number of hydrogen-bond acceptors (Lipinski definition) is 8. The number of likely N-dealkylation sites (tertiary alicyclic amines) is 1. The Bertz CT molecular complexity index is 1510. The van der Waals surface area contributed by atoms with E-state index in [4.69, 9.17) is 15.5 Å². The van der Waals surface area contributed by atoms with E-state index < -0.39 is 0 Å². The molecule has 1 fully saturated rings. The van der Waals surface area contributed by atoms with Gasteiger partial charge in [0.25, 0.3) is 5.91 Å². The Morgan fingerprint density at radius 2 is 2.05 bits per heavy atom. The molecular weight excluding hydrogens is 514 g/mol. The van der Waals surface area contributed by atoms with Crippen molar-refractivity contribution in [1.82, 2.24) is 24.3 Å². The zero-order valence-electron chi connectivity index (χ0n) is 22.0. The Balaban J connectivity index is 1.46. The van der Waals surface area contributed by atoms with Crippen LogP contribution in [0.3, 0.4) is 0 Å². The van der Waals surface area contributed by atoms with E-state index in [0.29, 0.717) is 40.9 Å². The lowest BCUT2D eigenvalue weighted by molar-refractivity contribution is -0.130. The van der Waals surface area contributed by atoms with Crippen LogP contribution in [0.1, 0.15) is 53.3 Å². The van der Waals surface area contributed by atoms with Gasteiger partial charge in [0.05, 0.1) is 12.6 Å². The van der Waals surface area contributed by atoms with Gasteiger partial charge in [-0.25, -0.2) is 15.0 Å². The van der Waals surface area contributed by atoms with Gasteiger partial charge in [-0.1, -0.05) is 25.1 Å². The first-order chi connectivity index (χ1) is 19.0. The highest BCUT2D eigenvalue weighted by molar-refractivity contribution is 7.15. The lowest BCUT2D eigenvalue weighted by Crippen LogP contribution is -2.38. The summed E-state index contributed by atoms with van der Waals surface area (Å²) in [5.41, 5.74) is 8.98. The molecule has 0 saturated carbocycles. The summed E-state index contributed by atoms with van der Waals surface area (Å²) in [5.74, 6) is 0.781. The Morgan fingerprint density at radius 1 is 1.23 bits per heavy atom. The van der Waals surface area contributed by atoms with E-state index in [2.05, 4.69) is 22.2 Å². The van der Waals surface area contributed by atoms with E-state index >= 15 is 0 Å². The van der Waals surface area contributed by atoms with Crippen LogP contribution in [0.5, 0.6) is 0 Å². The van der Waals surface area contributed by atoms with Crippen LogP contribution in [0.25, 0.3) is 16.8 Å². The first kappa shape index (κ1) is 26.5. The van der Waals surface area contributed by atoms with Gasteiger partial charge in [0.15, 0.2) is 5.13 Å². The topological polar surface area (TPSA) is 128 Å². The SMILES string of the molecule is CCc1cnc(NC(=O)c2ccc(-c3nc(C4CCCCN4C(=O)/C=C/COC)n4ccnc(N)c34)cc2)s1. The van der Waals surface area contributed by atoms with Crippen molar-refractivity contribution < 1.29 is 14.3 Å². The number of carbonyl (C=O) groups excluding carboxylic acids is 2. The molecule has 11 heteroatoms. The Morgan fingerprint density at radius 3 is 2.79 bits per heavy atom. The second-order valence-electron chi connectivity index (χ2n) is 9.27. The Labute approximate surface area is 230 Å². The predicted octanol–water partition coefficient (Wildman–Crippen LogP) is 4.51. The van der Waals surface area contributed by atoms with Crippen LogP contribution in [0, 0.1) is 0 Å². The molecule has 202 valence electrons. The number of nitrogens with zero attached hydrogens (tertiary/aromatic N) is 5. The average molecular weight is 546 g/mol. The second-order valence-corrected chi connectivity index (χ2v) is 10.4. The highest BCUT2D eigenvalue weighted by Crippen LogP contribution is 2.36. The maximum atomic E-state index is 13.1. The van der Waals surface area contributed by atoms with E-state index in [-0.39, 0.29) is 17.9 Å². The van der Waals surface area contributed by atoms with Gasteiger partial charge in [-0.05, 0) is 37.8 Å². The number of benzene rings is 1. The fourth-order valence-electron chi connectivity index (χ4n) is 4.81. The van der Waals surface area contributed by atoms with E-state index in [0.717, 1.165) is 41.9 Å². The highest BCUT2D eigenvalue weighted by Gasteiger charge is 2.31. The molecule has 4 heterocycles. The molecule has 5 rings (SSSR count). The lowest BCUT2D eigenvalue weighted by Gasteiger charge is -2.34. The quantitative estimate of drug-likeness (QED) is 0.312. The smallest absolute Gasteiger partial charge is 0.257 e. The molecule has 1 aliphatic rings. The number of amides is 2. The number of anilines is 2. The lowest BCUT2D eigenvalue weighted by atomic mass is 10.0. The normalized spacial score (nSPS) is 15.7. The van der Waals surface area contributed by atoms with Crippen molar-refractivity contribution in [2.75, 3.05) is 31.3 Å². The molecule has 1 aromatic carbocycles. The molecule has 1 atom stereocenters. The molecule has 3 N–H and O–H groups in total. The van der Waals surface area contributed by atoms with Crippen molar-refractivity contribution in [2.24, 2.45) is 0 Å². The monoisotopic (exact) mass is 545 g/mol. The number of nitrogens with two attached hydrogens (primary N) is 1. The standard InChI is InChI=1S/C28H31N7O3S/c1-3-20-17-31-28(39-20)33-27(37)19-11-9-18(10-12-19)23-24-25(29)30-13-15-35(24)26(32-23)21-7-4-5-14-34(21)22(36)8-6-16-38-2/h6,8-13,15,17,21H,3-5,7,14,16H2,1-2H3,(H2,29,30)(H,31,33,37)/b8-6+. The van der Waals surface area contributed by atoms with Crippen molar-refractivity contribution in [2.45, 2.75) is 38.6 Å². The van der Waals surface area contributed by atoms with Crippen molar-refractivity contribution in [3.63, 3.8) is 0 Å². The molecule has 0 radical (unpaired) electrons. The number of imidazole rings is 1. The molecule has 1 saturated heterocycles. The molecule has 4 aromatic rings. The number of rotatable bonds is 8. The van der Waals surface area contributed by atoms with Gasteiger partial charge in [-0.3, -0.25) is 19.3 Å². The number of nitrogens with one attached hydrogen (secondary N) is 1. The van der Waals surface area contributed by atoms with Gasteiger partial charge in [0.2, 0.25) is 5.91 Å². The van der Waals surface area contributed by atoms with E-state index in [9.17, 15) is 9.59 Å². The van der Waals surface area contributed by atoms with Crippen molar-refractivity contribution in [3.05, 3.63) is 71.3 Å². The number of ether oxygens (including phenoxy) is 1. The number of methoxy groups -OCH3 is 1. The van der Waals surface area contributed by atoms with Crippen molar-refractivity contribution in [3.8, 4) is 11.3 Å². The fraction of sp³-hybridized carbons (Fsp3) is 0.321. The maximum Gasteiger partial charge on any atom is 0.257 e. The first-order valence-corrected chi connectivity index (χ1v) is 13.8.